The molecule has 0 radical (unpaired) electrons. The summed E-state index contributed by atoms with van der Waals surface area (Å²) < 4.78 is 25.8. The smallest absolute Gasteiger partial charge is 0.315 e. The zero-order valence-electron chi connectivity index (χ0n) is 28.8. The maximum absolute atomic E-state index is 14.3. The van der Waals surface area contributed by atoms with Crippen molar-refractivity contribution in [3.63, 3.8) is 0 Å². The van der Waals surface area contributed by atoms with Gasteiger partial charge in [-0.05, 0) is 68.6 Å². The number of likely N-dealkylation sites (tertiary alicyclic amines) is 1. The Morgan fingerprint density at radius 1 is 0.913 bits per heavy atom. The quantitative estimate of drug-likeness (QED) is 0.258. The number of sulfone groups is 1. The van der Waals surface area contributed by atoms with Gasteiger partial charge in [-0.2, -0.15) is 0 Å². The van der Waals surface area contributed by atoms with Gasteiger partial charge in [0.1, 0.15) is 12.1 Å². The molecule has 13 heteroatoms. The Labute approximate surface area is 274 Å². The molecule has 260 valence electrons. The van der Waals surface area contributed by atoms with E-state index in [1.165, 1.54) is 4.90 Å². The minimum absolute atomic E-state index is 0.0594. The van der Waals surface area contributed by atoms with Crippen LogP contribution in [0.1, 0.15) is 107 Å². The predicted molar refractivity (Wildman–Crippen MR) is 174 cm³/mol. The molecule has 2 unspecified atom stereocenters. The number of hydrogen-bond acceptors (Lipinski definition) is 7. The Morgan fingerprint density at radius 3 is 2.04 bits per heavy atom. The first-order valence-electron chi connectivity index (χ1n) is 16.8. The van der Waals surface area contributed by atoms with Crippen molar-refractivity contribution in [2.24, 2.45) is 34.3 Å². The molecule has 0 aromatic heterocycles. The first-order chi connectivity index (χ1) is 21.1. The SMILES string of the molecule is CC(C)(C)C(NC(=O)N[C@H]1CCCC[C@H]1S(=O)(=O)C(C)(C)C)C(=O)N1C[C@H]2[C@@H]([C@H]1C(=O)NC(CC1CCC1)C(=O)C(N)=O)C2(C)C. The van der Waals surface area contributed by atoms with Gasteiger partial charge in [-0.1, -0.05) is 66.7 Å². The number of piperidine rings is 1. The summed E-state index contributed by atoms with van der Waals surface area (Å²) in [7, 11) is -3.55. The fraction of sp³-hybridized carbons (Fsp3) is 0.848. The number of nitrogens with zero attached hydrogens (tertiary/aromatic N) is 1. The van der Waals surface area contributed by atoms with E-state index in [4.69, 9.17) is 5.73 Å². The Hall–Kier alpha value is -2.70. The van der Waals surface area contributed by atoms with Crippen molar-refractivity contribution in [3.05, 3.63) is 0 Å². The second-order valence-corrected chi connectivity index (χ2v) is 19.6. The molecule has 7 atom stereocenters. The number of hydrogen-bond donors (Lipinski definition) is 4. The van der Waals surface area contributed by atoms with Gasteiger partial charge in [0.05, 0.1) is 16.0 Å². The molecule has 12 nitrogen and oxygen atoms in total. The average molecular weight is 666 g/mol. The predicted octanol–water partition coefficient (Wildman–Crippen LogP) is 2.44. The van der Waals surface area contributed by atoms with Gasteiger partial charge in [0.25, 0.3) is 5.91 Å². The van der Waals surface area contributed by atoms with E-state index in [1.807, 2.05) is 34.6 Å². The van der Waals surface area contributed by atoms with Crippen molar-refractivity contribution in [1.82, 2.24) is 20.9 Å². The lowest BCUT2D eigenvalue weighted by Gasteiger charge is -2.39. The number of primary amides is 1. The van der Waals surface area contributed by atoms with Gasteiger partial charge in [-0.15, -0.1) is 0 Å². The van der Waals surface area contributed by atoms with Crippen LogP contribution in [0.3, 0.4) is 0 Å². The summed E-state index contributed by atoms with van der Waals surface area (Å²) in [6, 6.07) is -4.19. The standard InChI is InChI=1S/C33H55N5O7S/c1-31(2,3)26(37-30(43)36-20-14-9-10-15-22(20)46(44,45)32(4,5)6)29(42)38-17-19-23(33(19,7)8)24(38)28(41)35-21(25(39)27(34)40)16-18-12-11-13-18/h18-24,26H,9-17H2,1-8H3,(H2,34,40)(H,35,41)(H2,36,37,43)/t19-,20-,21?,22+,23-,24-,26?/m0/s1. The van der Waals surface area contributed by atoms with Gasteiger partial charge in [0.15, 0.2) is 9.84 Å². The molecular formula is C33H55N5O7S. The van der Waals surface area contributed by atoms with E-state index < -0.39 is 79.0 Å². The molecule has 46 heavy (non-hydrogen) atoms. The summed E-state index contributed by atoms with van der Waals surface area (Å²) in [6.45, 7) is 14.9. The summed E-state index contributed by atoms with van der Waals surface area (Å²) >= 11 is 0. The van der Waals surface area contributed by atoms with E-state index in [0.29, 0.717) is 25.8 Å². The van der Waals surface area contributed by atoms with E-state index in [9.17, 15) is 32.4 Å². The average Bonchev–Trinajstić information content (AvgIpc) is 3.23. The van der Waals surface area contributed by atoms with Gasteiger partial charge in [0.2, 0.25) is 17.6 Å². The van der Waals surface area contributed by atoms with Crippen LogP contribution < -0.4 is 21.7 Å². The molecule has 5 amide bonds. The van der Waals surface area contributed by atoms with E-state index in [0.717, 1.165) is 32.1 Å². The second-order valence-electron chi connectivity index (χ2n) is 16.7. The van der Waals surface area contributed by atoms with Gasteiger partial charge in [0, 0.05) is 12.6 Å². The minimum Gasteiger partial charge on any atom is -0.363 e. The van der Waals surface area contributed by atoms with Crippen LogP contribution in [0.25, 0.3) is 0 Å². The van der Waals surface area contributed by atoms with Crippen LogP contribution in [0, 0.1) is 28.6 Å². The molecule has 1 aliphatic heterocycles. The molecule has 3 aliphatic carbocycles. The van der Waals surface area contributed by atoms with Crippen LogP contribution in [0.2, 0.25) is 0 Å². The number of urea groups is 1. The van der Waals surface area contributed by atoms with Crippen LogP contribution in [0.4, 0.5) is 4.79 Å². The lowest BCUT2D eigenvalue weighted by molar-refractivity contribution is -0.145. The van der Waals surface area contributed by atoms with Gasteiger partial charge in [-0.25, -0.2) is 13.2 Å². The normalized spacial score (nSPS) is 29.0. The van der Waals surface area contributed by atoms with Gasteiger partial charge < -0.3 is 26.6 Å². The largest absolute Gasteiger partial charge is 0.363 e. The molecule has 3 saturated carbocycles. The zero-order valence-corrected chi connectivity index (χ0v) is 29.6. The van der Waals surface area contributed by atoms with E-state index in [1.54, 1.807) is 20.8 Å². The fourth-order valence-electron chi connectivity index (χ4n) is 7.78. The van der Waals surface area contributed by atoms with Crippen molar-refractivity contribution in [2.45, 2.75) is 141 Å². The monoisotopic (exact) mass is 665 g/mol. The molecule has 0 bridgehead atoms. The number of nitrogens with one attached hydrogen (secondary N) is 3. The molecule has 1 saturated heterocycles. The summed E-state index contributed by atoms with van der Waals surface area (Å²) in [5.41, 5.74) is 4.37. The third-order valence-electron chi connectivity index (χ3n) is 11.1. The van der Waals surface area contributed by atoms with Crippen molar-refractivity contribution in [3.8, 4) is 0 Å². The van der Waals surface area contributed by atoms with Gasteiger partial charge >= 0.3 is 6.03 Å². The highest BCUT2D eigenvalue weighted by Crippen LogP contribution is 2.65. The molecule has 0 spiro atoms. The summed E-state index contributed by atoms with van der Waals surface area (Å²) in [6.07, 6.45) is 5.69. The molecule has 4 aliphatic rings. The molecular weight excluding hydrogens is 610 g/mol. The van der Waals surface area contributed by atoms with Crippen molar-refractivity contribution < 1.29 is 32.4 Å². The number of nitrogens with two attached hydrogens (primary N) is 1. The highest BCUT2D eigenvalue weighted by atomic mass is 32.2. The molecule has 1 heterocycles. The van der Waals surface area contributed by atoms with Crippen molar-refractivity contribution in [2.75, 3.05) is 6.54 Å². The number of fused-ring (bicyclic) bond motifs is 1. The number of ketones is 1. The fourth-order valence-corrected chi connectivity index (χ4v) is 9.80. The van der Waals surface area contributed by atoms with E-state index in [2.05, 4.69) is 16.0 Å². The molecule has 5 N–H and O–H groups in total. The lowest BCUT2D eigenvalue weighted by Crippen LogP contribution is -2.62. The number of carbonyl (C=O) groups excluding carboxylic acids is 5. The first kappa shape index (κ1) is 36.1. The molecule has 0 aromatic rings. The summed E-state index contributed by atoms with van der Waals surface area (Å²) in [5, 5.41) is 7.77. The van der Waals surface area contributed by atoms with Crippen LogP contribution in [-0.2, 0) is 29.0 Å². The second kappa shape index (κ2) is 12.7. The van der Waals surface area contributed by atoms with Crippen LogP contribution in [0.15, 0.2) is 0 Å². The first-order valence-corrected chi connectivity index (χ1v) is 18.4. The molecule has 0 aromatic carbocycles. The third kappa shape index (κ3) is 7.08. The summed E-state index contributed by atoms with van der Waals surface area (Å²) in [5.74, 6) is -2.75. The Bertz CT molecular complexity index is 1340. The molecule has 4 rings (SSSR count). The van der Waals surface area contributed by atoms with Crippen LogP contribution in [0.5, 0.6) is 0 Å². The Morgan fingerprint density at radius 2 is 1.52 bits per heavy atom. The Balaban J connectivity index is 1.53. The number of amides is 5. The molecule has 4 fully saturated rings. The minimum atomic E-state index is -3.55. The van der Waals surface area contributed by atoms with Crippen molar-refractivity contribution in [1.29, 1.82) is 0 Å². The highest BCUT2D eigenvalue weighted by Gasteiger charge is 2.70. The van der Waals surface area contributed by atoms with Crippen molar-refractivity contribution >= 4 is 39.4 Å². The Kier molecular flexibility index (Phi) is 10.00. The van der Waals surface area contributed by atoms with Crippen LogP contribution >= 0.6 is 0 Å². The maximum atomic E-state index is 14.3. The van der Waals surface area contributed by atoms with Crippen LogP contribution in [-0.4, -0.2) is 83.6 Å². The van der Waals surface area contributed by atoms with E-state index >= 15 is 0 Å². The maximum Gasteiger partial charge on any atom is 0.315 e. The number of carbonyl (C=O) groups is 5. The van der Waals surface area contributed by atoms with E-state index in [-0.39, 0.29) is 23.2 Å². The third-order valence-corrected chi connectivity index (χ3v) is 14.2. The lowest BCUT2D eigenvalue weighted by atomic mass is 9.80. The highest BCUT2D eigenvalue weighted by molar-refractivity contribution is 7.93. The summed E-state index contributed by atoms with van der Waals surface area (Å²) in [4.78, 5) is 67.7. The number of rotatable bonds is 10. The number of Topliss-reactive ketones (excluding diaryl/α,β-unsaturated/α-hetero) is 1. The zero-order chi connectivity index (χ0) is 34.6. The topological polar surface area (TPSA) is 185 Å². The van der Waals surface area contributed by atoms with Gasteiger partial charge in [-0.3, -0.25) is 19.2 Å².